The summed E-state index contributed by atoms with van der Waals surface area (Å²) < 4.78 is 30.4. The summed E-state index contributed by atoms with van der Waals surface area (Å²) in [7, 11) is -3.85. The second-order valence-electron chi connectivity index (χ2n) is 4.74. The van der Waals surface area contributed by atoms with Crippen molar-refractivity contribution in [2.24, 2.45) is 5.92 Å². The maximum Gasteiger partial charge on any atom is 0.421 e. The standard InChI is InChI=1S/C13H19NO4S/c1-10(2)8-9-18-13(15)14-19(16,17)12-6-4-11(3)5-7-12/h4-7,10H,8-9H2,1-3H3,(H,14,15). The molecule has 0 aliphatic rings. The van der Waals surface area contributed by atoms with Gasteiger partial charge in [0.1, 0.15) is 0 Å². The summed E-state index contributed by atoms with van der Waals surface area (Å²) in [6, 6.07) is 6.22. The molecule has 0 aliphatic heterocycles. The zero-order valence-corrected chi connectivity index (χ0v) is 12.2. The van der Waals surface area contributed by atoms with Crippen LogP contribution in [0.15, 0.2) is 29.2 Å². The molecule has 5 nitrogen and oxygen atoms in total. The third-order valence-electron chi connectivity index (χ3n) is 2.48. The van der Waals surface area contributed by atoms with Crippen molar-refractivity contribution in [1.29, 1.82) is 0 Å². The van der Waals surface area contributed by atoms with Crippen LogP contribution in [0.3, 0.4) is 0 Å². The number of sulfonamides is 1. The Balaban J connectivity index is 2.59. The molecule has 0 fully saturated rings. The molecule has 1 N–H and O–H groups in total. The number of hydrogen-bond donors (Lipinski definition) is 1. The number of nitrogens with one attached hydrogen (secondary N) is 1. The summed E-state index contributed by atoms with van der Waals surface area (Å²) in [6.07, 6.45) is -0.251. The van der Waals surface area contributed by atoms with Crippen molar-refractivity contribution in [3.8, 4) is 0 Å². The molecule has 0 unspecified atom stereocenters. The van der Waals surface area contributed by atoms with Gasteiger partial charge in [-0.05, 0) is 31.4 Å². The van der Waals surface area contributed by atoms with Gasteiger partial charge in [-0.15, -0.1) is 0 Å². The highest BCUT2D eigenvalue weighted by atomic mass is 32.2. The third-order valence-corrected chi connectivity index (χ3v) is 3.81. The highest BCUT2D eigenvalue weighted by molar-refractivity contribution is 7.90. The molecule has 0 spiro atoms. The van der Waals surface area contributed by atoms with Gasteiger partial charge in [-0.25, -0.2) is 17.9 Å². The summed E-state index contributed by atoms with van der Waals surface area (Å²) in [5.74, 6) is 0.390. The van der Waals surface area contributed by atoms with E-state index in [2.05, 4.69) is 0 Å². The number of ether oxygens (including phenoxy) is 1. The molecule has 1 rings (SSSR count). The average molecular weight is 285 g/mol. The van der Waals surface area contributed by atoms with E-state index in [1.54, 1.807) is 12.1 Å². The first-order chi connectivity index (χ1) is 8.81. The van der Waals surface area contributed by atoms with E-state index in [1.165, 1.54) is 12.1 Å². The second kappa shape index (κ2) is 6.56. The quantitative estimate of drug-likeness (QED) is 0.902. The van der Waals surface area contributed by atoms with E-state index >= 15 is 0 Å². The number of hydrogen-bond acceptors (Lipinski definition) is 4. The van der Waals surface area contributed by atoms with E-state index < -0.39 is 16.1 Å². The van der Waals surface area contributed by atoms with Crippen molar-refractivity contribution in [1.82, 2.24) is 4.72 Å². The van der Waals surface area contributed by atoms with E-state index in [0.717, 1.165) is 5.56 Å². The maximum atomic E-state index is 11.8. The minimum absolute atomic E-state index is 0.0407. The summed E-state index contributed by atoms with van der Waals surface area (Å²) in [5.41, 5.74) is 0.943. The fourth-order valence-corrected chi connectivity index (χ4v) is 2.19. The Hall–Kier alpha value is -1.56. The molecule has 0 aromatic heterocycles. The van der Waals surface area contributed by atoms with Crippen molar-refractivity contribution in [3.05, 3.63) is 29.8 Å². The Morgan fingerprint density at radius 3 is 2.37 bits per heavy atom. The highest BCUT2D eigenvalue weighted by Gasteiger charge is 2.18. The molecule has 1 aromatic rings. The van der Waals surface area contributed by atoms with Gasteiger partial charge in [-0.3, -0.25) is 0 Å². The van der Waals surface area contributed by atoms with Gasteiger partial charge in [0.2, 0.25) is 0 Å². The van der Waals surface area contributed by atoms with Crippen LogP contribution in [0.1, 0.15) is 25.8 Å². The van der Waals surface area contributed by atoms with Gasteiger partial charge in [-0.2, -0.15) is 0 Å². The first-order valence-electron chi connectivity index (χ1n) is 6.07. The SMILES string of the molecule is Cc1ccc(S(=O)(=O)NC(=O)OCCC(C)C)cc1. The van der Waals surface area contributed by atoms with Gasteiger partial charge in [0, 0.05) is 0 Å². The third kappa shape index (κ3) is 5.30. The smallest absolute Gasteiger partial charge is 0.421 e. The van der Waals surface area contributed by atoms with E-state index in [-0.39, 0.29) is 11.5 Å². The van der Waals surface area contributed by atoms with Crippen LogP contribution in [0, 0.1) is 12.8 Å². The lowest BCUT2D eigenvalue weighted by atomic mass is 10.1. The van der Waals surface area contributed by atoms with Crippen molar-refractivity contribution in [3.63, 3.8) is 0 Å². The van der Waals surface area contributed by atoms with E-state index in [9.17, 15) is 13.2 Å². The van der Waals surface area contributed by atoms with Crippen LogP contribution >= 0.6 is 0 Å². The topological polar surface area (TPSA) is 72.5 Å². The Labute approximate surface area is 114 Å². The van der Waals surface area contributed by atoms with E-state index in [1.807, 2.05) is 25.5 Å². The molecule has 1 aromatic carbocycles. The lowest BCUT2D eigenvalue weighted by Gasteiger charge is -2.09. The molecule has 0 bridgehead atoms. The Morgan fingerprint density at radius 1 is 1.26 bits per heavy atom. The molecule has 0 atom stereocenters. The van der Waals surface area contributed by atoms with Gasteiger partial charge < -0.3 is 4.74 Å². The van der Waals surface area contributed by atoms with Gasteiger partial charge >= 0.3 is 6.09 Å². The Morgan fingerprint density at radius 2 is 1.84 bits per heavy atom. The summed E-state index contributed by atoms with van der Waals surface area (Å²) in [6.45, 7) is 6.03. The molecule has 106 valence electrons. The van der Waals surface area contributed by atoms with Crippen LogP contribution in [0.4, 0.5) is 4.79 Å². The highest BCUT2D eigenvalue weighted by Crippen LogP contribution is 2.10. The number of rotatable bonds is 5. The predicted octanol–water partition coefficient (Wildman–Crippen LogP) is 2.46. The van der Waals surface area contributed by atoms with Crippen molar-refractivity contribution < 1.29 is 17.9 Å². The molecule has 19 heavy (non-hydrogen) atoms. The zero-order valence-electron chi connectivity index (χ0n) is 11.3. The van der Waals surface area contributed by atoms with Gasteiger partial charge in [0.05, 0.1) is 11.5 Å². The summed E-state index contributed by atoms with van der Waals surface area (Å²) >= 11 is 0. The fourth-order valence-electron chi connectivity index (χ4n) is 1.30. The van der Waals surface area contributed by atoms with Crippen LogP contribution in [0.2, 0.25) is 0 Å². The number of benzene rings is 1. The normalized spacial score (nSPS) is 11.4. The van der Waals surface area contributed by atoms with Gasteiger partial charge in [-0.1, -0.05) is 31.5 Å². The number of carbonyl (C=O) groups excluding carboxylic acids is 1. The van der Waals surface area contributed by atoms with Crippen molar-refractivity contribution >= 4 is 16.1 Å². The first kappa shape index (κ1) is 15.5. The number of amides is 1. The molecule has 0 radical (unpaired) electrons. The van der Waals surface area contributed by atoms with Crippen LogP contribution in [0.25, 0.3) is 0 Å². The van der Waals surface area contributed by atoms with Crippen LogP contribution < -0.4 is 4.72 Å². The number of carbonyl (C=O) groups is 1. The molecule has 0 saturated heterocycles. The largest absolute Gasteiger partial charge is 0.449 e. The fraction of sp³-hybridized carbons (Fsp3) is 0.462. The molecule has 0 aliphatic carbocycles. The van der Waals surface area contributed by atoms with E-state index in [4.69, 9.17) is 4.74 Å². The first-order valence-corrected chi connectivity index (χ1v) is 7.56. The van der Waals surface area contributed by atoms with Gasteiger partial charge in [0.15, 0.2) is 0 Å². The van der Waals surface area contributed by atoms with Gasteiger partial charge in [0.25, 0.3) is 10.0 Å². The Kier molecular flexibility index (Phi) is 5.35. The van der Waals surface area contributed by atoms with Crippen LogP contribution in [-0.2, 0) is 14.8 Å². The van der Waals surface area contributed by atoms with Crippen LogP contribution in [-0.4, -0.2) is 21.1 Å². The molecule has 0 saturated carbocycles. The maximum absolute atomic E-state index is 11.8. The molecular weight excluding hydrogens is 266 g/mol. The molecule has 6 heteroatoms. The monoisotopic (exact) mass is 285 g/mol. The average Bonchev–Trinajstić information content (AvgIpc) is 2.28. The second-order valence-corrected chi connectivity index (χ2v) is 6.42. The lowest BCUT2D eigenvalue weighted by molar-refractivity contribution is 0.146. The van der Waals surface area contributed by atoms with E-state index in [0.29, 0.717) is 12.3 Å². The molecular formula is C13H19NO4S. The molecule has 1 amide bonds. The number of aryl methyl sites for hydroxylation is 1. The summed E-state index contributed by atoms with van der Waals surface area (Å²) in [5, 5.41) is 0. The van der Waals surface area contributed by atoms with Crippen molar-refractivity contribution in [2.75, 3.05) is 6.61 Å². The Bertz CT molecular complexity index is 520. The minimum atomic E-state index is -3.85. The predicted molar refractivity (Wildman–Crippen MR) is 72.3 cm³/mol. The summed E-state index contributed by atoms with van der Waals surface area (Å²) in [4.78, 5) is 11.4. The van der Waals surface area contributed by atoms with Crippen molar-refractivity contribution in [2.45, 2.75) is 32.1 Å². The van der Waals surface area contributed by atoms with Crippen LogP contribution in [0.5, 0.6) is 0 Å². The zero-order chi connectivity index (χ0) is 14.5. The molecule has 0 heterocycles. The minimum Gasteiger partial charge on any atom is -0.449 e. The lowest BCUT2D eigenvalue weighted by Crippen LogP contribution is -2.31.